The predicted octanol–water partition coefficient (Wildman–Crippen LogP) is 2.68. The van der Waals surface area contributed by atoms with E-state index in [0.717, 1.165) is 6.07 Å². The number of methoxy groups -OCH3 is 1. The second-order valence-corrected chi connectivity index (χ2v) is 3.31. The van der Waals surface area contributed by atoms with Crippen molar-refractivity contribution in [1.29, 1.82) is 0 Å². The molecule has 8 heteroatoms. The van der Waals surface area contributed by atoms with Gasteiger partial charge >= 0.3 is 6.36 Å². The van der Waals surface area contributed by atoms with Crippen LogP contribution in [0, 0.1) is 6.92 Å². The van der Waals surface area contributed by atoms with Crippen LogP contribution in [-0.2, 0) is 0 Å². The molecule has 0 aliphatic heterocycles. The molecule has 1 rings (SSSR count). The fourth-order valence-corrected chi connectivity index (χ4v) is 1.28. The van der Waals surface area contributed by atoms with E-state index in [2.05, 4.69) is 14.5 Å². The van der Waals surface area contributed by atoms with Crippen LogP contribution >= 0.6 is 11.6 Å². The smallest absolute Gasteiger partial charge is 0.481 e. The summed E-state index contributed by atoms with van der Waals surface area (Å²) in [5.74, 6) is -0.959. The van der Waals surface area contributed by atoms with Gasteiger partial charge in [-0.25, -0.2) is 0 Å². The van der Waals surface area contributed by atoms with Gasteiger partial charge in [-0.15, -0.1) is 13.2 Å². The summed E-state index contributed by atoms with van der Waals surface area (Å²) in [5, 5.41) is -0.921. The van der Waals surface area contributed by atoms with Crippen LogP contribution in [0.25, 0.3) is 0 Å². The second kappa shape index (κ2) is 4.79. The molecule has 4 nitrogen and oxygen atoms in total. The van der Waals surface area contributed by atoms with Gasteiger partial charge in [0.25, 0.3) is 5.24 Å². The number of rotatable bonds is 3. The first-order valence-corrected chi connectivity index (χ1v) is 4.63. The van der Waals surface area contributed by atoms with Gasteiger partial charge in [-0.1, -0.05) is 0 Å². The molecule has 0 saturated heterocycles. The minimum absolute atomic E-state index is 0.108. The zero-order valence-corrected chi connectivity index (χ0v) is 9.52. The molecule has 0 fully saturated rings. The zero-order chi connectivity index (χ0) is 13.2. The van der Waals surface area contributed by atoms with Gasteiger partial charge in [-0.2, -0.15) is 4.98 Å². The van der Waals surface area contributed by atoms with E-state index in [9.17, 15) is 18.0 Å². The van der Waals surface area contributed by atoms with Crippen LogP contribution in [0.5, 0.6) is 11.8 Å². The Morgan fingerprint density at radius 2 is 2.06 bits per heavy atom. The Kier molecular flexibility index (Phi) is 3.82. The second-order valence-electron chi connectivity index (χ2n) is 2.96. The number of hydrogen-bond donors (Lipinski definition) is 0. The average Bonchev–Trinajstić information content (AvgIpc) is 2.18. The maximum atomic E-state index is 12.1. The molecular formula is C9H7ClF3NO3. The highest BCUT2D eigenvalue weighted by Crippen LogP contribution is 2.29. The van der Waals surface area contributed by atoms with Crippen LogP contribution in [0.2, 0.25) is 0 Å². The van der Waals surface area contributed by atoms with Gasteiger partial charge in [0.2, 0.25) is 11.8 Å². The monoisotopic (exact) mass is 269 g/mol. The number of aromatic nitrogens is 1. The van der Waals surface area contributed by atoms with E-state index in [1.165, 1.54) is 14.0 Å². The maximum absolute atomic E-state index is 12.1. The Morgan fingerprint density at radius 1 is 1.47 bits per heavy atom. The largest absolute Gasteiger partial charge is 0.574 e. The quantitative estimate of drug-likeness (QED) is 0.792. The fourth-order valence-electron chi connectivity index (χ4n) is 1.08. The molecule has 0 bridgehead atoms. The van der Waals surface area contributed by atoms with E-state index < -0.39 is 17.5 Å². The molecule has 1 aromatic rings. The number of halogens is 4. The summed E-state index contributed by atoms with van der Waals surface area (Å²) in [6.45, 7) is 1.24. The lowest BCUT2D eigenvalue weighted by atomic mass is 10.1. The summed E-state index contributed by atoms with van der Waals surface area (Å²) in [6.07, 6.45) is -4.91. The minimum atomic E-state index is -4.91. The number of hydrogen-bond acceptors (Lipinski definition) is 4. The van der Waals surface area contributed by atoms with Crippen molar-refractivity contribution >= 4 is 16.8 Å². The van der Waals surface area contributed by atoms with Crippen molar-refractivity contribution in [2.24, 2.45) is 0 Å². The molecule has 0 aliphatic rings. The molecule has 0 aliphatic carbocycles. The van der Waals surface area contributed by atoms with Gasteiger partial charge < -0.3 is 9.47 Å². The molecule has 17 heavy (non-hydrogen) atoms. The molecule has 0 spiro atoms. The molecule has 94 valence electrons. The molecule has 0 N–H and O–H groups in total. The predicted molar refractivity (Wildman–Crippen MR) is 52.4 cm³/mol. The molecule has 0 amide bonds. The molecular weight excluding hydrogens is 263 g/mol. The van der Waals surface area contributed by atoms with Gasteiger partial charge in [0.1, 0.15) is 0 Å². The first-order chi connectivity index (χ1) is 7.74. The average molecular weight is 270 g/mol. The van der Waals surface area contributed by atoms with Crippen molar-refractivity contribution in [3.05, 3.63) is 17.2 Å². The SMILES string of the molecule is COc1cc(C(=O)Cl)c(C)c(OC(F)(F)F)n1. The van der Waals surface area contributed by atoms with E-state index in [4.69, 9.17) is 11.6 Å². The standard InChI is InChI=1S/C9H7ClF3NO3/c1-4-5(7(10)15)3-6(16-2)14-8(4)17-9(11,12)13/h3H,1-2H3. The third-order valence-electron chi connectivity index (χ3n) is 1.84. The van der Waals surface area contributed by atoms with Crippen molar-refractivity contribution in [1.82, 2.24) is 4.98 Å². The van der Waals surface area contributed by atoms with Crippen LogP contribution < -0.4 is 9.47 Å². The van der Waals surface area contributed by atoms with E-state index in [0.29, 0.717) is 0 Å². The van der Waals surface area contributed by atoms with Gasteiger partial charge in [0.05, 0.1) is 7.11 Å². The highest BCUT2D eigenvalue weighted by Gasteiger charge is 2.33. The lowest BCUT2D eigenvalue weighted by Gasteiger charge is -2.13. The van der Waals surface area contributed by atoms with E-state index in [-0.39, 0.29) is 17.0 Å². The topological polar surface area (TPSA) is 48.4 Å². The Labute approximate surface area is 99.3 Å². The Bertz CT molecular complexity index is 448. The van der Waals surface area contributed by atoms with Crippen molar-refractivity contribution in [2.75, 3.05) is 7.11 Å². The number of alkyl halides is 3. The number of carbonyl (C=O) groups is 1. The lowest BCUT2D eigenvalue weighted by molar-refractivity contribution is -0.276. The fraction of sp³-hybridized carbons (Fsp3) is 0.333. The van der Waals surface area contributed by atoms with Crippen molar-refractivity contribution in [3.63, 3.8) is 0 Å². The first kappa shape index (κ1) is 13.6. The van der Waals surface area contributed by atoms with E-state index in [1.54, 1.807) is 0 Å². The van der Waals surface area contributed by atoms with Crippen LogP contribution in [0.15, 0.2) is 6.07 Å². The van der Waals surface area contributed by atoms with Gasteiger partial charge in [0, 0.05) is 17.2 Å². The Balaban J connectivity index is 3.29. The van der Waals surface area contributed by atoms with Gasteiger partial charge in [-0.05, 0) is 18.5 Å². The number of nitrogens with zero attached hydrogens (tertiary/aromatic N) is 1. The highest BCUT2D eigenvalue weighted by atomic mass is 35.5. The normalized spacial score (nSPS) is 11.2. The molecule has 0 saturated carbocycles. The Morgan fingerprint density at radius 3 is 2.47 bits per heavy atom. The zero-order valence-electron chi connectivity index (χ0n) is 8.76. The minimum Gasteiger partial charge on any atom is -0.481 e. The van der Waals surface area contributed by atoms with Crippen molar-refractivity contribution in [3.8, 4) is 11.8 Å². The van der Waals surface area contributed by atoms with Gasteiger partial charge in [0.15, 0.2) is 0 Å². The summed E-state index contributed by atoms with van der Waals surface area (Å²) < 4.78 is 44.5. The number of ether oxygens (including phenoxy) is 2. The third kappa shape index (κ3) is 3.48. The van der Waals surface area contributed by atoms with E-state index >= 15 is 0 Å². The lowest BCUT2D eigenvalue weighted by Crippen LogP contribution is -2.19. The first-order valence-electron chi connectivity index (χ1n) is 4.26. The third-order valence-corrected chi connectivity index (χ3v) is 2.04. The summed E-state index contributed by atoms with van der Waals surface area (Å²) in [6, 6.07) is 1.13. The van der Waals surface area contributed by atoms with Crippen LogP contribution in [0.4, 0.5) is 13.2 Å². The van der Waals surface area contributed by atoms with Crippen LogP contribution in [-0.4, -0.2) is 23.7 Å². The maximum Gasteiger partial charge on any atom is 0.574 e. The Hall–Kier alpha value is -1.50. The van der Waals surface area contributed by atoms with Gasteiger partial charge in [-0.3, -0.25) is 4.79 Å². The summed E-state index contributed by atoms with van der Waals surface area (Å²) in [4.78, 5) is 14.4. The summed E-state index contributed by atoms with van der Waals surface area (Å²) in [7, 11) is 1.19. The summed E-state index contributed by atoms with van der Waals surface area (Å²) in [5.41, 5.74) is -0.263. The van der Waals surface area contributed by atoms with Crippen LogP contribution in [0.1, 0.15) is 15.9 Å². The molecule has 0 unspecified atom stereocenters. The van der Waals surface area contributed by atoms with Crippen LogP contribution in [0.3, 0.4) is 0 Å². The summed E-state index contributed by atoms with van der Waals surface area (Å²) >= 11 is 5.22. The molecule has 1 aromatic heterocycles. The molecule has 0 radical (unpaired) electrons. The van der Waals surface area contributed by atoms with Crippen molar-refractivity contribution < 1.29 is 27.4 Å². The highest BCUT2D eigenvalue weighted by molar-refractivity contribution is 6.68. The molecule has 0 aromatic carbocycles. The van der Waals surface area contributed by atoms with E-state index in [1.807, 2.05) is 0 Å². The molecule has 1 heterocycles. The number of pyridine rings is 1. The van der Waals surface area contributed by atoms with Crippen molar-refractivity contribution in [2.45, 2.75) is 13.3 Å². The molecule has 0 atom stereocenters. The number of carbonyl (C=O) groups excluding carboxylic acids is 1.